The highest BCUT2D eigenvalue weighted by molar-refractivity contribution is 5.90. The number of hydrogen-bond acceptors (Lipinski definition) is 5. The highest BCUT2D eigenvalue weighted by atomic mass is 19.1. The summed E-state index contributed by atoms with van der Waals surface area (Å²) in [6.07, 6.45) is 5.27. The minimum absolute atomic E-state index is 0.160. The summed E-state index contributed by atoms with van der Waals surface area (Å²) in [4.78, 5) is 11.5. The molecule has 1 aliphatic rings. The Balaban J connectivity index is 1.29. The third kappa shape index (κ3) is 5.05. The molecule has 0 unspecified atom stereocenters. The first-order chi connectivity index (χ1) is 14.6. The molecule has 30 heavy (non-hydrogen) atoms. The van der Waals surface area contributed by atoms with E-state index in [1.54, 1.807) is 12.1 Å². The van der Waals surface area contributed by atoms with E-state index < -0.39 is 0 Å². The van der Waals surface area contributed by atoms with Crippen LogP contribution in [-0.4, -0.2) is 42.7 Å². The lowest BCUT2D eigenvalue weighted by Gasteiger charge is -2.30. The molecule has 158 valence electrons. The van der Waals surface area contributed by atoms with Crippen molar-refractivity contribution in [2.45, 2.75) is 44.2 Å². The van der Waals surface area contributed by atoms with E-state index in [-0.39, 0.29) is 5.82 Å². The predicted octanol–water partition coefficient (Wildman–Crippen LogP) is 4.39. The number of halogens is 1. The maximum atomic E-state index is 13.3. The van der Waals surface area contributed by atoms with Gasteiger partial charge in [-0.1, -0.05) is 24.3 Å². The Morgan fingerprint density at radius 1 is 0.967 bits per heavy atom. The molecular formula is C24H30FN5. The molecule has 1 aliphatic carbocycles. The second-order valence-corrected chi connectivity index (χ2v) is 8.31. The number of fused-ring (bicyclic) bond motifs is 1. The number of para-hydroxylation sites is 1. The Labute approximate surface area is 177 Å². The second kappa shape index (κ2) is 9.39. The van der Waals surface area contributed by atoms with Crippen molar-refractivity contribution in [1.82, 2.24) is 15.3 Å². The Kier molecular flexibility index (Phi) is 6.43. The summed E-state index contributed by atoms with van der Waals surface area (Å²) in [7, 11) is 4.03. The summed E-state index contributed by atoms with van der Waals surface area (Å²) in [6.45, 7) is 0.881. The van der Waals surface area contributed by atoms with Crippen LogP contribution in [0, 0.1) is 5.82 Å². The van der Waals surface area contributed by atoms with Crippen molar-refractivity contribution < 1.29 is 4.39 Å². The van der Waals surface area contributed by atoms with Gasteiger partial charge in [0.25, 0.3) is 0 Å². The lowest BCUT2D eigenvalue weighted by molar-refractivity contribution is 0.355. The van der Waals surface area contributed by atoms with Crippen LogP contribution in [0.5, 0.6) is 0 Å². The molecule has 1 fully saturated rings. The molecule has 0 atom stereocenters. The van der Waals surface area contributed by atoms with Crippen molar-refractivity contribution in [3.63, 3.8) is 0 Å². The van der Waals surface area contributed by atoms with Crippen LogP contribution in [0.15, 0.2) is 48.5 Å². The predicted molar refractivity (Wildman–Crippen MR) is 122 cm³/mol. The number of benzene rings is 2. The molecule has 0 bridgehead atoms. The monoisotopic (exact) mass is 407 g/mol. The van der Waals surface area contributed by atoms with Gasteiger partial charge in [-0.2, -0.15) is 4.98 Å². The first kappa shape index (κ1) is 20.5. The average molecular weight is 408 g/mol. The Hall–Kier alpha value is -2.73. The maximum absolute atomic E-state index is 13.3. The van der Waals surface area contributed by atoms with E-state index in [0.29, 0.717) is 18.0 Å². The molecule has 1 heterocycles. The zero-order chi connectivity index (χ0) is 20.9. The fourth-order valence-electron chi connectivity index (χ4n) is 4.20. The van der Waals surface area contributed by atoms with E-state index in [2.05, 4.69) is 16.7 Å². The first-order valence-electron chi connectivity index (χ1n) is 10.8. The lowest BCUT2D eigenvalue weighted by Crippen LogP contribution is -2.38. The summed E-state index contributed by atoms with van der Waals surface area (Å²) in [5, 5.41) is 8.26. The van der Waals surface area contributed by atoms with Crippen LogP contribution in [0.2, 0.25) is 0 Å². The van der Waals surface area contributed by atoms with E-state index in [1.165, 1.54) is 6.07 Å². The SMILES string of the molecule is CN(C)c1nc(N[C@H]2CC[C@@H](NCCc3cccc(F)c3)CC2)nc2ccccc12. The van der Waals surface area contributed by atoms with Crippen molar-refractivity contribution in [3.8, 4) is 0 Å². The number of rotatable bonds is 7. The number of hydrogen-bond donors (Lipinski definition) is 2. The number of nitrogens with one attached hydrogen (secondary N) is 2. The third-order valence-corrected chi connectivity index (χ3v) is 5.80. The van der Waals surface area contributed by atoms with Crippen LogP contribution in [-0.2, 0) is 6.42 Å². The van der Waals surface area contributed by atoms with Gasteiger partial charge < -0.3 is 15.5 Å². The molecule has 0 amide bonds. The molecule has 6 heteroatoms. The molecule has 0 spiro atoms. The highest BCUT2D eigenvalue weighted by Crippen LogP contribution is 2.26. The number of anilines is 2. The molecular weight excluding hydrogens is 377 g/mol. The zero-order valence-electron chi connectivity index (χ0n) is 17.7. The standard InChI is InChI=1S/C24H30FN5/c1-30(2)23-21-8-3-4-9-22(21)28-24(29-23)27-20-12-10-19(11-13-20)26-15-14-17-6-5-7-18(25)16-17/h3-9,16,19-20,26H,10-15H2,1-2H3,(H,27,28,29)/t19-,20+. The molecule has 0 aliphatic heterocycles. The largest absolute Gasteiger partial charge is 0.362 e. The van der Waals surface area contributed by atoms with Gasteiger partial charge in [0.05, 0.1) is 5.52 Å². The van der Waals surface area contributed by atoms with Gasteiger partial charge in [-0.25, -0.2) is 9.37 Å². The van der Waals surface area contributed by atoms with Crippen LogP contribution in [0.1, 0.15) is 31.2 Å². The fraction of sp³-hybridized carbons (Fsp3) is 0.417. The van der Waals surface area contributed by atoms with Crippen LogP contribution in [0.25, 0.3) is 10.9 Å². The van der Waals surface area contributed by atoms with Gasteiger partial charge in [0.1, 0.15) is 11.6 Å². The second-order valence-electron chi connectivity index (χ2n) is 8.31. The van der Waals surface area contributed by atoms with Crippen LogP contribution < -0.4 is 15.5 Å². The molecule has 2 N–H and O–H groups in total. The topological polar surface area (TPSA) is 53.1 Å². The van der Waals surface area contributed by atoms with Crippen LogP contribution >= 0.6 is 0 Å². The minimum atomic E-state index is -0.160. The summed E-state index contributed by atoms with van der Waals surface area (Å²) in [5.41, 5.74) is 2.01. The third-order valence-electron chi connectivity index (χ3n) is 5.80. The molecule has 1 saturated carbocycles. The molecule has 0 saturated heterocycles. The highest BCUT2D eigenvalue weighted by Gasteiger charge is 2.22. The average Bonchev–Trinajstić information content (AvgIpc) is 2.74. The smallest absolute Gasteiger partial charge is 0.225 e. The molecule has 0 radical (unpaired) electrons. The first-order valence-corrected chi connectivity index (χ1v) is 10.8. The zero-order valence-corrected chi connectivity index (χ0v) is 17.7. The maximum Gasteiger partial charge on any atom is 0.225 e. The van der Waals surface area contributed by atoms with Gasteiger partial charge >= 0.3 is 0 Å². The summed E-state index contributed by atoms with van der Waals surface area (Å²) >= 11 is 0. The van der Waals surface area contributed by atoms with Crippen molar-refractivity contribution in [2.75, 3.05) is 30.9 Å². The van der Waals surface area contributed by atoms with Crippen molar-refractivity contribution >= 4 is 22.7 Å². The summed E-state index contributed by atoms with van der Waals surface area (Å²) < 4.78 is 13.3. The Bertz CT molecular complexity index is 982. The van der Waals surface area contributed by atoms with Gasteiger partial charge in [0.15, 0.2) is 0 Å². The lowest BCUT2D eigenvalue weighted by atomic mass is 9.91. The summed E-state index contributed by atoms with van der Waals surface area (Å²) in [5.74, 6) is 1.49. The molecule has 2 aromatic carbocycles. The number of aromatic nitrogens is 2. The molecule has 3 aromatic rings. The molecule has 4 rings (SSSR count). The van der Waals surface area contributed by atoms with E-state index in [0.717, 1.165) is 60.9 Å². The Morgan fingerprint density at radius 3 is 2.50 bits per heavy atom. The van der Waals surface area contributed by atoms with Crippen molar-refractivity contribution in [1.29, 1.82) is 0 Å². The van der Waals surface area contributed by atoms with Crippen LogP contribution in [0.4, 0.5) is 16.2 Å². The minimum Gasteiger partial charge on any atom is -0.362 e. The van der Waals surface area contributed by atoms with E-state index in [4.69, 9.17) is 9.97 Å². The normalized spacial score (nSPS) is 19.0. The summed E-state index contributed by atoms with van der Waals surface area (Å²) in [6, 6.07) is 15.9. The molecule has 1 aromatic heterocycles. The molecule has 5 nitrogen and oxygen atoms in total. The fourth-order valence-corrected chi connectivity index (χ4v) is 4.20. The Morgan fingerprint density at radius 2 is 1.73 bits per heavy atom. The van der Waals surface area contributed by atoms with Crippen molar-refractivity contribution in [2.24, 2.45) is 0 Å². The van der Waals surface area contributed by atoms with Gasteiger partial charge in [-0.3, -0.25) is 0 Å². The van der Waals surface area contributed by atoms with E-state index >= 15 is 0 Å². The van der Waals surface area contributed by atoms with Crippen molar-refractivity contribution in [3.05, 3.63) is 59.9 Å². The van der Waals surface area contributed by atoms with E-state index in [9.17, 15) is 4.39 Å². The van der Waals surface area contributed by atoms with Gasteiger partial charge in [-0.15, -0.1) is 0 Å². The van der Waals surface area contributed by atoms with Gasteiger partial charge in [0, 0.05) is 31.6 Å². The van der Waals surface area contributed by atoms with E-state index in [1.807, 2.05) is 43.3 Å². The quantitative estimate of drug-likeness (QED) is 0.608. The van der Waals surface area contributed by atoms with Crippen LogP contribution in [0.3, 0.4) is 0 Å². The van der Waals surface area contributed by atoms with Gasteiger partial charge in [-0.05, 0) is 68.5 Å². The van der Waals surface area contributed by atoms with Gasteiger partial charge in [0.2, 0.25) is 5.95 Å². The number of nitrogens with zero attached hydrogens (tertiary/aromatic N) is 3.